The van der Waals surface area contributed by atoms with Gasteiger partial charge in [-0.3, -0.25) is 4.79 Å². The maximum atomic E-state index is 12.8. The molecule has 2 heterocycles. The Morgan fingerprint density at radius 1 is 1.48 bits per heavy atom. The Kier molecular flexibility index (Phi) is 4.83. The molecule has 1 N–H and O–H groups in total. The van der Waals surface area contributed by atoms with E-state index in [2.05, 4.69) is 17.2 Å². The zero-order valence-electron chi connectivity index (χ0n) is 13.4. The van der Waals surface area contributed by atoms with Crippen LogP contribution >= 0.6 is 0 Å². The zero-order valence-corrected chi connectivity index (χ0v) is 13.4. The Morgan fingerprint density at radius 3 is 2.90 bits per heavy atom. The number of nitrogens with zero attached hydrogens (tertiary/aromatic N) is 2. The lowest BCUT2D eigenvalue weighted by Gasteiger charge is -2.42. The molecule has 0 aromatic carbocycles. The van der Waals surface area contributed by atoms with E-state index in [4.69, 9.17) is 4.74 Å². The number of aryl methyl sites for hydroxylation is 1. The van der Waals surface area contributed by atoms with Crippen LogP contribution in [0.2, 0.25) is 0 Å². The predicted molar refractivity (Wildman–Crippen MR) is 83.7 cm³/mol. The van der Waals surface area contributed by atoms with Gasteiger partial charge in [0.05, 0.1) is 18.8 Å². The number of pyridine rings is 1. The summed E-state index contributed by atoms with van der Waals surface area (Å²) in [5.74, 6) is 0.819. The van der Waals surface area contributed by atoms with Crippen molar-refractivity contribution in [1.82, 2.24) is 9.88 Å². The molecule has 0 unspecified atom stereocenters. The molecule has 1 fully saturated rings. The molecule has 0 aliphatic carbocycles. The number of hydrogen-bond donors (Lipinski definition) is 1. The van der Waals surface area contributed by atoms with Crippen LogP contribution < -0.4 is 5.32 Å². The number of morpholine rings is 1. The molecule has 1 aliphatic heterocycles. The first kappa shape index (κ1) is 15.8. The van der Waals surface area contributed by atoms with Crippen LogP contribution in [0.15, 0.2) is 12.1 Å². The van der Waals surface area contributed by atoms with Gasteiger partial charge in [0.25, 0.3) is 5.91 Å². The van der Waals surface area contributed by atoms with Crippen LogP contribution in [0.5, 0.6) is 0 Å². The molecule has 1 aliphatic rings. The van der Waals surface area contributed by atoms with Gasteiger partial charge in [-0.05, 0) is 39.3 Å². The maximum Gasteiger partial charge on any atom is 0.254 e. The van der Waals surface area contributed by atoms with Crippen LogP contribution in [-0.4, -0.2) is 47.6 Å². The maximum absolute atomic E-state index is 12.8. The average molecular weight is 291 g/mol. The highest BCUT2D eigenvalue weighted by molar-refractivity contribution is 5.95. The smallest absolute Gasteiger partial charge is 0.254 e. The Hall–Kier alpha value is -1.62. The van der Waals surface area contributed by atoms with Crippen molar-refractivity contribution in [3.63, 3.8) is 0 Å². The molecule has 0 radical (unpaired) electrons. The fraction of sp³-hybridized carbons (Fsp3) is 0.625. The summed E-state index contributed by atoms with van der Waals surface area (Å²) in [5.41, 5.74) is 1.27. The Bertz CT molecular complexity index is 514. The van der Waals surface area contributed by atoms with Gasteiger partial charge in [-0.15, -0.1) is 0 Å². The third-order valence-electron chi connectivity index (χ3n) is 3.65. The number of rotatable bonds is 4. The highest BCUT2D eigenvalue weighted by atomic mass is 16.5. The fourth-order valence-electron chi connectivity index (χ4n) is 2.53. The second-order valence-corrected chi connectivity index (χ2v) is 6.13. The first-order valence-electron chi connectivity index (χ1n) is 7.56. The normalized spacial score (nSPS) is 17.6. The van der Waals surface area contributed by atoms with Crippen molar-refractivity contribution >= 4 is 11.7 Å². The van der Waals surface area contributed by atoms with Gasteiger partial charge in [0, 0.05) is 24.3 Å². The predicted octanol–water partition coefficient (Wildman–Crippen LogP) is 2.46. The second-order valence-electron chi connectivity index (χ2n) is 6.13. The van der Waals surface area contributed by atoms with Crippen molar-refractivity contribution in [3.8, 4) is 0 Å². The molecular weight excluding hydrogens is 266 g/mol. The van der Waals surface area contributed by atoms with Crippen molar-refractivity contribution in [3.05, 3.63) is 23.4 Å². The van der Waals surface area contributed by atoms with Crippen molar-refractivity contribution in [1.29, 1.82) is 0 Å². The van der Waals surface area contributed by atoms with Gasteiger partial charge < -0.3 is 15.0 Å². The first-order valence-corrected chi connectivity index (χ1v) is 7.56. The molecule has 0 atom stereocenters. The summed E-state index contributed by atoms with van der Waals surface area (Å²) in [6.07, 6.45) is 1.02. The number of ether oxygens (including phenoxy) is 1. The van der Waals surface area contributed by atoms with Crippen LogP contribution in [0.3, 0.4) is 0 Å². The van der Waals surface area contributed by atoms with E-state index in [1.165, 1.54) is 0 Å². The summed E-state index contributed by atoms with van der Waals surface area (Å²) < 4.78 is 5.48. The first-order chi connectivity index (χ1) is 9.94. The van der Waals surface area contributed by atoms with Gasteiger partial charge in [0.1, 0.15) is 5.82 Å². The number of aromatic nitrogens is 1. The van der Waals surface area contributed by atoms with Gasteiger partial charge in [0.15, 0.2) is 0 Å². The molecule has 5 nitrogen and oxygen atoms in total. The highest BCUT2D eigenvalue weighted by Crippen LogP contribution is 2.22. The Labute approximate surface area is 126 Å². The molecule has 1 aromatic heterocycles. The number of nitrogens with one attached hydrogen (secondary N) is 1. The quantitative estimate of drug-likeness (QED) is 0.926. The molecular formula is C16H25N3O2. The van der Waals surface area contributed by atoms with Crippen molar-refractivity contribution in [2.75, 3.05) is 31.6 Å². The molecule has 1 aromatic rings. The third kappa shape index (κ3) is 3.73. The lowest BCUT2D eigenvalue weighted by Crippen LogP contribution is -2.55. The Morgan fingerprint density at radius 2 is 2.24 bits per heavy atom. The van der Waals surface area contributed by atoms with Gasteiger partial charge >= 0.3 is 0 Å². The summed E-state index contributed by atoms with van der Waals surface area (Å²) in [6, 6.07) is 3.70. The molecule has 0 spiro atoms. The molecule has 21 heavy (non-hydrogen) atoms. The minimum atomic E-state index is -0.274. The standard InChI is InChI=1S/C16H25N3O2/c1-5-6-17-14-10-13(9-12(2)18-14)15(20)19-7-8-21-11-16(19,3)4/h9-10H,5-8,11H2,1-4H3,(H,17,18). The molecule has 5 heteroatoms. The van der Waals surface area contributed by atoms with Gasteiger partial charge in [-0.25, -0.2) is 4.98 Å². The van der Waals surface area contributed by atoms with Crippen LogP contribution in [0, 0.1) is 6.92 Å². The van der Waals surface area contributed by atoms with Crippen molar-refractivity contribution in [2.45, 2.75) is 39.7 Å². The van der Waals surface area contributed by atoms with E-state index in [0.717, 1.165) is 24.5 Å². The number of anilines is 1. The molecule has 116 valence electrons. The topological polar surface area (TPSA) is 54.5 Å². The van der Waals surface area contributed by atoms with E-state index in [9.17, 15) is 4.79 Å². The Balaban J connectivity index is 2.23. The zero-order chi connectivity index (χ0) is 15.5. The SMILES string of the molecule is CCCNc1cc(C(=O)N2CCOCC2(C)C)cc(C)n1. The monoisotopic (exact) mass is 291 g/mol. The largest absolute Gasteiger partial charge is 0.377 e. The third-order valence-corrected chi connectivity index (χ3v) is 3.65. The molecule has 1 amide bonds. The van der Waals surface area contributed by atoms with E-state index in [-0.39, 0.29) is 11.4 Å². The lowest BCUT2D eigenvalue weighted by atomic mass is 10.0. The number of amides is 1. The van der Waals surface area contributed by atoms with Crippen LogP contribution in [0.1, 0.15) is 43.2 Å². The van der Waals surface area contributed by atoms with Crippen molar-refractivity contribution < 1.29 is 9.53 Å². The minimum absolute atomic E-state index is 0.0494. The number of carbonyl (C=O) groups is 1. The molecule has 0 saturated carbocycles. The summed E-state index contributed by atoms with van der Waals surface area (Å²) in [5, 5.41) is 3.25. The van der Waals surface area contributed by atoms with E-state index in [1.54, 1.807) is 0 Å². The number of hydrogen-bond acceptors (Lipinski definition) is 4. The van der Waals surface area contributed by atoms with E-state index < -0.39 is 0 Å². The van der Waals surface area contributed by atoms with E-state index >= 15 is 0 Å². The highest BCUT2D eigenvalue weighted by Gasteiger charge is 2.34. The number of carbonyl (C=O) groups excluding carboxylic acids is 1. The van der Waals surface area contributed by atoms with E-state index in [0.29, 0.717) is 25.3 Å². The van der Waals surface area contributed by atoms with Crippen LogP contribution in [0.4, 0.5) is 5.82 Å². The molecule has 2 rings (SSSR count). The summed E-state index contributed by atoms with van der Waals surface area (Å²) in [6.45, 7) is 10.7. The van der Waals surface area contributed by atoms with Gasteiger partial charge in [-0.2, -0.15) is 0 Å². The lowest BCUT2D eigenvalue weighted by molar-refractivity contribution is -0.0370. The average Bonchev–Trinajstić information content (AvgIpc) is 2.43. The van der Waals surface area contributed by atoms with Crippen LogP contribution in [0.25, 0.3) is 0 Å². The molecule has 0 bridgehead atoms. The van der Waals surface area contributed by atoms with E-state index in [1.807, 2.05) is 37.8 Å². The van der Waals surface area contributed by atoms with Gasteiger partial charge in [-0.1, -0.05) is 6.92 Å². The van der Waals surface area contributed by atoms with Crippen LogP contribution in [-0.2, 0) is 4.74 Å². The second kappa shape index (κ2) is 6.43. The fourth-order valence-corrected chi connectivity index (χ4v) is 2.53. The molecule has 1 saturated heterocycles. The summed E-state index contributed by atoms with van der Waals surface area (Å²) in [4.78, 5) is 19.1. The van der Waals surface area contributed by atoms with Gasteiger partial charge in [0.2, 0.25) is 0 Å². The summed E-state index contributed by atoms with van der Waals surface area (Å²) >= 11 is 0. The van der Waals surface area contributed by atoms with Crippen molar-refractivity contribution in [2.24, 2.45) is 0 Å². The summed E-state index contributed by atoms with van der Waals surface area (Å²) in [7, 11) is 0. The minimum Gasteiger partial charge on any atom is -0.377 e.